The van der Waals surface area contributed by atoms with E-state index in [0.29, 0.717) is 25.9 Å². The molecular weight excluding hydrogens is 399 g/mol. The average molecular weight is 421 g/mol. The number of halogens is 2. The number of benzene rings is 3. The van der Waals surface area contributed by atoms with Gasteiger partial charge in [-0.1, -0.05) is 60.1 Å². The summed E-state index contributed by atoms with van der Waals surface area (Å²) in [6.45, 7) is 0.997. The van der Waals surface area contributed by atoms with E-state index in [4.69, 9.17) is 11.6 Å². The van der Waals surface area contributed by atoms with Crippen molar-refractivity contribution < 1.29 is 9.18 Å². The lowest BCUT2D eigenvalue weighted by Crippen LogP contribution is -2.23. The molecule has 1 heterocycles. The van der Waals surface area contributed by atoms with Crippen LogP contribution in [0.4, 0.5) is 4.39 Å². The predicted molar refractivity (Wildman–Crippen MR) is 119 cm³/mol. The van der Waals surface area contributed by atoms with Gasteiger partial charge in [-0.2, -0.15) is 0 Å². The number of hydrogen-bond donors (Lipinski definition) is 1. The quantitative estimate of drug-likeness (QED) is 0.407. The lowest BCUT2D eigenvalue weighted by atomic mass is 10.1. The van der Waals surface area contributed by atoms with Gasteiger partial charge >= 0.3 is 0 Å². The van der Waals surface area contributed by atoms with Crippen LogP contribution in [0.15, 0.2) is 79.0 Å². The number of rotatable bonds is 7. The van der Waals surface area contributed by atoms with Gasteiger partial charge in [-0.05, 0) is 47.4 Å². The van der Waals surface area contributed by atoms with Crippen molar-refractivity contribution in [3.05, 3.63) is 107 Å². The van der Waals surface area contributed by atoms with Crippen LogP contribution in [-0.2, 0) is 24.3 Å². The Morgan fingerprint density at radius 2 is 1.77 bits per heavy atom. The first-order chi connectivity index (χ1) is 14.6. The van der Waals surface area contributed by atoms with Crippen molar-refractivity contribution in [2.24, 2.45) is 0 Å². The Balaban J connectivity index is 1.45. The number of nitrogens with zero attached hydrogens (tertiary/aromatic N) is 1. The second-order valence-electron chi connectivity index (χ2n) is 7.30. The van der Waals surface area contributed by atoms with Crippen LogP contribution < -0.4 is 5.32 Å². The molecule has 3 aromatic carbocycles. The fraction of sp³-hybridized carbons (Fsp3) is 0.160. The summed E-state index contributed by atoms with van der Waals surface area (Å²) in [7, 11) is 0. The van der Waals surface area contributed by atoms with Crippen molar-refractivity contribution in [2.45, 2.75) is 25.9 Å². The van der Waals surface area contributed by atoms with Gasteiger partial charge in [-0.3, -0.25) is 4.79 Å². The van der Waals surface area contributed by atoms with Crippen molar-refractivity contribution in [3.63, 3.8) is 0 Å². The number of hydrogen-bond acceptors (Lipinski definition) is 1. The SMILES string of the molecule is O=C(CCc1cn(Cc2ccccc2Cl)c2ccccc12)NCc1cccc(F)c1. The Kier molecular flexibility index (Phi) is 6.15. The lowest BCUT2D eigenvalue weighted by molar-refractivity contribution is -0.121. The molecule has 0 radical (unpaired) electrons. The monoisotopic (exact) mass is 420 g/mol. The molecule has 1 aromatic heterocycles. The molecule has 30 heavy (non-hydrogen) atoms. The van der Waals surface area contributed by atoms with E-state index >= 15 is 0 Å². The van der Waals surface area contributed by atoms with Crippen LogP contribution in [0.25, 0.3) is 10.9 Å². The van der Waals surface area contributed by atoms with E-state index in [0.717, 1.165) is 32.6 Å². The predicted octanol–water partition coefficient (Wildman–Crippen LogP) is 5.73. The van der Waals surface area contributed by atoms with E-state index in [1.54, 1.807) is 12.1 Å². The first kappa shape index (κ1) is 20.2. The van der Waals surface area contributed by atoms with Gasteiger partial charge in [0, 0.05) is 41.6 Å². The largest absolute Gasteiger partial charge is 0.352 e. The summed E-state index contributed by atoms with van der Waals surface area (Å²) in [4.78, 5) is 12.3. The van der Waals surface area contributed by atoms with Crippen LogP contribution in [-0.4, -0.2) is 10.5 Å². The molecule has 1 N–H and O–H groups in total. The second-order valence-corrected chi connectivity index (χ2v) is 7.70. The summed E-state index contributed by atoms with van der Waals surface area (Å²) >= 11 is 6.34. The molecular formula is C25H22ClFN2O. The topological polar surface area (TPSA) is 34.0 Å². The van der Waals surface area contributed by atoms with Crippen LogP contribution in [0, 0.1) is 5.82 Å². The summed E-state index contributed by atoms with van der Waals surface area (Å²) in [5.41, 5.74) is 4.05. The lowest BCUT2D eigenvalue weighted by Gasteiger charge is -2.07. The highest BCUT2D eigenvalue weighted by molar-refractivity contribution is 6.31. The molecule has 1 amide bonds. The number of para-hydroxylation sites is 1. The highest BCUT2D eigenvalue weighted by Gasteiger charge is 2.11. The molecule has 0 spiro atoms. The van der Waals surface area contributed by atoms with E-state index < -0.39 is 0 Å². The van der Waals surface area contributed by atoms with Crippen molar-refractivity contribution >= 4 is 28.4 Å². The van der Waals surface area contributed by atoms with E-state index in [2.05, 4.69) is 28.2 Å². The Morgan fingerprint density at radius 1 is 0.967 bits per heavy atom. The van der Waals surface area contributed by atoms with Gasteiger partial charge in [0.25, 0.3) is 0 Å². The molecule has 4 aromatic rings. The van der Waals surface area contributed by atoms with Gasteiger partial charge < -0.3 is 9.88 Å². The minimum Gasteiger partial charge on any atom is -0.352 e. The van der Waals surface area contributed by atoms with Gasteiger partial charge in [0.05, 0.1) is 0 Å². The summed E-state index contributed by atoms with van der Waals surface area (Å²) in [6.07, 6.45) is 3.11. The van der Waals surface area contributed by atoms with Gasteiger partial charge in [0.2, 0.25) is 5.91 Å². The highest BCUT2D eigenvalue weighted by atomic mass is 35.5. The van der Waals surface area contributed by atoms with Gasteiger partial charge in [0.1, 0.15) is 5.82 Å². The van der Waals surface area contributed by atoms with Gasteiger partial charge in [-0.25, -0.2) is 4.39 Å². The maximum Gasteiger partial charge on any atom is 0.220 e. The number of carbonyl (C=O) groups excluding carboxylic acids is 1. The van der Waals surface area contributed by atoms with Crippen molar-refractivity contribution in [2.75, 3.05) is 0 Å². The van der Waals surface area contributed by atoms with Gasteiger partial charge in [-0.15, -0.1) is 0 Å². The smallest absolute Gasteiger partial charge is 0.220 e. The Labute approximate surface area is 180 Å². The number of aromatic nitrogens is 1. The first-order valence-corrected chi connectivity index (χ1v) is 10.3. The third kappa shape index (κ3) is 4.71. The Morgan fingerprint density at radius 3 is 2.60 bits per heavy atom. The van der Waals surface area contributed by atoms with Crippen molar-refractivity contribution in [3.8, 4) is 0 Å². The molecule has 4 rings (SSSR count). The van der Waals surface area contributed by atoms with Crippen LogP contribution in [0.3, 0.4) is 0 Å². The van der Waals surface area contributed by atoms with E-state index in [-0.39, 0.29) is 11.7 Å². The Hall–Kier alpha value is -3.11. The number of aryl methyl sites for hydroxylation is 1. The summed E-state index contributed by atoms with van der Waals surface area (Å²) in [6, 6.07) is 22.3. The van der Waals surface area contributed by atoms with Crippen LogP contribution in [0.1, 0.15) is 23.1 Å². The fourth-order valence-electron chi connectivity index (χ4n) is 3.65. The molecule has 0 bridgehead atoms. The van der Waals surface area contributed by atoms with Crippen molar-refractivity contribution in [1.29, 1.82) is 0 Å². The maximum atomic E-state index is 13.3. The van der Waals surface area contributed by atoms with Crippen LogP contribution >= 0.6 is 11.6 Å². The van der Waals surface area contributed by atoms with Crippen LogP contribution in [0.2, 0.25) is 5.02 Å². The maximum absolute atomic E-state index is 13.3. The second kappa shape index (κ2) is 9.14. The zero-order valence-electron chi connectivity index (χ0n) is 16.4. The van der Waals surface area contributed by atoms with Crippen LogP contribution in [0.5, 0.6) is 0 Å². The minimum atomic E-state index is -0.298. The van der Waals surface area contributed by atoms with Gasteiger partial charge in [0.15, 0.2) is 0 Å². The molecule has 0 unspecified atom stereocenters. The zero-order valence-corrected chi connectivity index (χ0v) is 17.2. The third-order valence-corrected chi connectivity index (χ3v) is 5.54. The number of fused-ring (bicyclic) bond motifs is 1. The molecule has 0 aliphatic carbocycles. The van der Waals surface area contributed by atoms with E-state index in [1.165, 1.54) is 12.1 Å². The normalized spacial score (nSPS) is 11.0. The zero-order chi connectivity index (χ0) is 20.9. The standard InChI is InChI=1S/C25H22ClFN2O/c26-23-10-3-1-7-20(23)17-29-16-19(22-9-2-4-11-24(22)29)12-13-25(30)28-15-18-6-5-8-21(27)14-18/h1-11,14,16H,12-13,15,17H2,(H,28,30). The molecule has 0 saturated carbocycles. The summed E-state index contributed by atoms with van der Waals surface area (Å²) in [5.74, 6) is -0.352. The van der Waals surface area contributed by atoms with E-state index in [9.17, 15) is 9.18 Å². The molecule has 0 fully saturated rings. The number of carbonyl (C=O) groups is 1. The minimum absolute atomic E-state index is 0.0535. The fourth-order valence-corrected chi connectivity index (χ4v) is 3.84. The molecule has 5 heteroatoms. The highest BCUT2D eigenvalue weighted by Crippen LogP contribution is 2.25. The van der Waals surface area contributed by atoms with E-state index in [1.807, 2.05) is 36.4 Å². The molecule has 0 saturated heterocycles. The molecule has 0 aliphatic rings. The molecule has 3 nitrogen and oxygen atoms in total. The number of amides is 1. The summed E-state index contributed by atoms with van der Waals surface area (Å²) in [5, 5.41) is 4.75. The molecule has 0 aliphatic heterocycles. The van der Waals surface area contributed by atoms with Crippen molar-refractivity contribution in [1.82, 2.24) is 9.88 Å². The third-order valence-electron chi connectivity index (χ3n) is 5.17. The average Bonchev–Trinajstić information content (AvgIpc) is 3.10. The molecule has 152 valence electrons. The Bertz CT molecular complexity index is 1180. The first-order valence-electron chi connectivity index (χ1n) is 9.91. The number of nitrogens with one attached hydrogen (secondary N) is 1. The molecule has 0 atom stereocenters. The summed E-state index contributed by atoms with van der Waals surface area (Å²) < 4.78 is 15.4.